The van der Waals surface area contributed by atoms with Crippen LogP contribution in [0.15, 0.2) is 35.9 Å². The molecule has 3 unspecified atom stereocenters. The Hall–Kier alpha value is -1.65. The Morgan fingerprint density at radius 3 is 2.36 bits per heavy atom. The molecule has 4 saturated carbocycles. The number of hydrogen-bond donors (Lipinski definition) is 3. The molecule has 3 N–H and O–H groups in total. The molecule has 1 aromatic carbocycles. The first-order chi connectivity index (χ1) is 20.3. The summed E-state index contributed by atoms with van der Waals surface area (Å²) in [5.41, 5.74) is 0.610. The lowest BCUT2D eigenvalue weighted by Gasteiger charge is -2.58. The summed E-state index contributed by atoms with van der Waals surface area (Å²) >= 11 is 2.21. The first kappa shape index (κ1) is 31.8. The molecule has 42 heavy (non-hydrogen) atoms. The van der Waals surface area contributed by atoms with E-state index in [4.69, 9.17) is 4.74 Å². The van der Waals surface area contributed by atoms with E-state index in [1.54, 1.807) is 6.08 Å². The first-order valence-corrected chi connectivity index (χ1v) is 17.4. The van der Waals surface area contributed by atoms with E-state index < -0.39 is 18.2 Å². The molecule has 0 heterocycles. The molecule has 0 saturated heterocycles. The second-order valence-corrected chi connectivity index (χ2v) is 14.7. The lowest BCUT2D eigenvalue weighted by atomic mass is 9.49. The second-order valence-electron chi connectivity index (χ2n) is 13.5. The van der Waals surface area contributed by atoms with Crippen molar-refractivity contribution in [1.82, 2.24) is 10.2 Å². The molecule has 3 atom stereocenters. The maximum absolute atomic E-state index is 14.1. The third kappa shape index (κ3) is 7.52. The number of aliphatic hydroxyl groups excluding tert-OH is 2. The molecule has 0 aliphatic heterocycles. The number of rotatable bonds is 14. The zero-order valence-electron chi connectivity index (χ0n) is 25.1. The number of unbranched alkanes of at least 4 members (excludes halogenated alkanes) is 4. The van der Waals surface area contributed by atoms with Gasteiger partial charge in [0.2, 0.25) is 11.8 Å². The van der Waals surface area contributed by atoms with Crippen molar-refractivity contribution in [3.05, 3.63) is 39.5 Å². The number of ether oxygens (including phenoxy) is 1. The molecule has 1 aromatic rings. The molecular weight excluding hydrogens is 643 g/mol. The van der Waals surface area contributed by atoms with Gasteiger partial charge in [0.25, 0.3) is 0 Å². The van der Waals surface area contributed by atoms with Crippen LogP contribution < -0.4 is 10.1 Å². The number of carbonyl (C=O) groups is 2. The minimum absolute atomic E-state index is 0.0938. The third-order valence-corrected chi connectivity index (χ3v) is 11.1. The van der Waals surface area contributed by atoms with Crippen molar-refractivity contribution >= 4 is 34.4 Å². The number of carbonyl (C=O) groups excluding carboxylic acids is 2. The van der Waals surface area contributed by atoms with Gasteiger partial charge >= 0.3 is 0 Å². The number of nitrogens with one attached hydrogen (secondary N) is 1. The molecule has 0 aromatic heterocycles. The van der Waals surface area contributed by atoms with Gasteiger partial charge in [-0.1, -0.05) is 44.7 Å². The van der Waals surface area contributed by atoms with Crippen LogP contribution in [-0.2, 0) is 9.59 Å². The highest BCUT2D eigenvalue weighted by Gasteiger charge is 2.53. The van der Waals surface area contributed by atoms with Gasteiger partial charge < -0.3 is 25.2 Å². The number of amides is 2. The van der Waals surface area contributed by atoms with E-state index >= 15 is 0 Å². The number of para-hydroxylation sites is 1. The van der Waals surface area contributed by atoms with Crippen molar-refractivity contribution in [1.29, 1.82) is 0 Å². The zero-order valence-corrected chi connectivity index (χ0v) is 27.3. The van der Waals surface area contributed by atoms with Gasteiger partial charge in [-0.15, -0.1) is 0 Å². The average Bonchev–Trinajstić information content (AvgIpc) is 2.96. The summed E-state index contributed by atoms with van der Waals surface area (Å²) in [6, 6.07) is 7.09. The molecule has 0 radical (unpaired) electrons. The highest BCUT2D eigenvalue weighted by molar-refractivity contribution is 14.1. The molecule has 6 rings (SSSR count). The fourth-order valence-corrected chi connectivity index (χ4v) is 9.24. The van der Waals surface area contributed by atoms with Crippen LogP contribution in [0.5, 0.6) is 5.75 Å². The van der Waals surface area contributed by atoms with Gasteiger partial charge in [-0.25, -0.2) is 0 Å². The van der Waals surface area contributed by atoms with Crippen LogP contribution in [-0.4, -0.2) is 64.9 Å². The lowest BCUT2D eigenvalue weighted by molar-refractivity contribution is -0.147. The number of aliphatic hydroxyl groups is 2. The summed E-state index contributed by atoms with van der Waals surface area (Å²) in [4.78, 5) is 29.3. The Morgan fingerprint density at radius 1 is 1.05 bits per heavy atom. The van der Waals surface area contributed by atoms with E-state index in [1.807, 2.05) is 29.2 Å². The Balaban J connectivity index is 1.42. The van der Waals surface area contributed by atoms with E-state index in [-0.39, 0.29) is 36.8 Å². The third-order valence-electron chi connectivity index (χ3n) is 10.2. The monoisotopic (exact) mass is 692 g/mol. The normalized spacial score (nSPS) is 31.5. The van der Waals surface area contributed by atoms with Crippen LogP contribution in [0.25, 0.3) is 0 Å². The minimum atomic E-state index is -0.964. The highest BCUT2D eigenvalue weighted by atomic mass is 127. The van der Waals surface area contributed by atoms with Crippen LogP contribution in [0.1, 0.15) is 90.4 Å². The zero-order chi connectivity index (χ0) is 29.7. The molecule has 5 aliphatic rings. The smallest absolute Gasteiger partial charge is 0.247 e. The quantitative estimate of drug-likeness (QED) is 0.174. The molecule has 232 valence electrons. The number of benzene rings is 1. The van der Waals surface area contributed by atoms with Crippen LogP contribution in [0.2, 0.25) is 0 Å². The lowest BCUT2D eigenvalue weighted by Crippen LogP contribution is -2.59. The molecule has 5 aliphatic carbocycles. The van der Waals surface area contributed by atoms with E-state index in [9.17, 15) is 19.8 Å². The fraction of sp³-hybridized carbons (Fsp3) is 0.706. The predicted molar refractivity (Wildman–Crippen MR) is 172 cm³/mol. The molecule has 0 spiro atoms. The van der Waals surface area contributed by atoms with Gasteiger partial charge in [0, 0.05) is 31.5 Å². The summed E-state index contributed by atoms with van der Waals surface area (Å²) < 4.78 is 7.28. The molecule has 4 fully saturated rings. The van der Waals surface area contributed by atoms with Gasteiger partial charge in [-0.2, -0.15) is 0 Å². The Morgan fingerprint density at radius 2 is 1.71 bits per heavy atom. The van der Waals surface area contributed by atoms with Crippen molar-refractivity contribution in [2.75, 3.05) is 19.7 Å². The minimum Gasteiger partial charge on any atom is -0.482 e. The first-order valence-electron chi connectivity index (χ1n) is 16.3. The topological polar surface area (TPSA) is 99.1 Å². The van der Waals surface area contributed by atoms with Gasteiger partial charge in [0.15, 0.2) is 0 Å². The van der Waals surface area contributed by atoms with Crippen molar-refractivity contribution in [3.8, 4) is 5.75 Å². The summed E-state index contributed by atoms with van der Waals surface area (Å²) in [5, 5.41) is 24.0. The van der Waals surface area contributed by atoms with Gasteiger partial charge in [-0.05, 0) is 109 Å². The molecule has 7 nitrogen and oxygen atoms in total. The molecular formula is C34H49IN2O5. The van der Waals surface area contributed by atoms with E-state index in [2.05, 4.69) is 34.8 Å². The van der Waals surface area contributed by atoms with Crippen LogP contribution in [0.3, 0.4) is 0 Å². The van der Waals surface area contributed by atoms with Crippen molar-refractivity contribution < 1.29 is 24.5 Å². The van der Waals surface area contributed by atoms with E-state index in [1.165, 1.54) is 44.9 Å². The Kier molecular flexibility index (Phi) is 10.9. The SMILES string of the molecule is CCCCCCCC(=O)N(CC12CC3CC(CC(C3)C1)C2)C1CC(C(=O)NCCO)=CC(Oc2ccccc2I)C1O. The largest absolute Gasteiger partial charge is 0.482 e. The van der Waals surface area contributed by atoms with Gasteiger partial charge in [-0.3, -0.25) is 9.59 Å². The Labute approximate surface area is 265 Å². The maximum Gasteiger partial charge on any atom is 0.247 e. The van der Waals surface area contributed by atoms with Crippen molar-refractivity contribution in [2.45, 2.75) is 109 Å². The van der Waals surface area contributed by atoms with Crippen LogP contribution in [0, 0.1) is 26.7 Å². The standard InChI is InChI=1S/C34H49IN2O5/c1-2-3-4-5-6-11-31(39)37(22-34-19-23-14-24(20-34)16-25(15-23)21-34)28-17-26(33(41)36-12-13-38)18-30(32(28)40)42-29-10-8-7-9-27(29)35/h7-10,18,23-25,28,30,32,38,40H,2-6,11-17,19-22H2,1H3,(H,36,41). The maximum atomic E-state index is 14.1. The Bertz CT molecular complexity index is 1090. The summed E-state index contributed by atoms with van der Waals surface area (Å²) in [5.74, 6) is 2.73. The van der Waals surface area contributed by atoms with Crippen molar-refractivity contribution in [3.63, 3.8) is 0 Å². The summed E-state index contributed by atoms with van der Waals surface area (Å²) in [7, 11) is 0. The van der Waals surface area contributed by atoms with E-state index in [0.29, 0.717) is 24.3 Å². The van der Waals surface area contributed by atoms with E-state index in [0.717, 1.165) is 47.0 Å². The molecule has 2 amide bonds. The van der Waals surface area contributed by atoms with Crippen molar-refractivity contribution in [2.24, 2.45) is 23.2 Å². The summed E-state index contributed by atoms with van der Waals surface area (Å²) in [6.45, 7) is 2.85. The number of halogens is 1. The number of nitrogens with zero attached hydrogens (tertiary/aromatic N) is 1. The number of hydrogen-bond acceptors (Lipinski definition) is 5. The predicted octanol–water partition coefficient (Wildman–Crippen LogP) is 5.61. The molecule has 8 heteroatoms. The van der Waals surface area contributed by atoms with Gasteiger partial charge in [0.05, 0.1) is 16.2 Å². The summed E-state index contributed by atoms with van der Waals surface area (Å²) in [6.07, 6.45) is 13.6. The van der Waals surface area contributed by atoms with Crippen LogP contribution in [0.4, 0.5) is 0 Å². The second kappa shape index (κ2) is 14.4. The van der Waals surface area contributed by atoms with Crippen LogP contribution >= 0.6 is 22.6 Å². The fourth-order valence-electron chi connectivity index (χ4n) is 8.73. The van der Waals surface area contributed by atoms with Gasteiger partial charge in [0.1, 0.15) is 18.0 Å². The average molecular weight is 693 g/mol. The molecule has 4 bridgehead atoms. The highest BCUT2D eigenvalue weighted by Crippen LogP contribution is 2.60.